The Labute approximate surface area is 139 Å². The highest BCUT2D eigenvalue weighted by molar-refractivity contribution is 5.83. The van der Waals surface area contributed by atoms with Gasteiger partial charge < -0.3 is 10.1 Å². The fourth-order valence-electron chi connectivity index (χ4n) is 3.51. The van der Waals surface area contributed by atoms with Crippen molar-refractivity contribution in [2.45, 2.75) is 70.9 Å². The topological polar surface area (TPSA) is 49.9 Å². The Balaban J connectivity index is 1.49. The van der Waals surface area contributed by atoms with Crippen LogP contribution in [0.25, 0.3) is 10.9 Å². The highest BCUT2D eigenvalue weighted by Gasteiger charge is 2.22. The summed E-state index contributed by atoms with van der Waals surface area (Å²) >= 11 is 0. The van der Waals surface area contributed by atoms with Crippen LogP contribution in [0.1, 0.15) is 57.4 Å². The molecule has 1 saturated carbocycles. The van der Waals surface area contributed by atoms with Crippen molar-refractivity contribution in [3.05, 3.63) is 23.9 Å². The number of nitrogens with one attached hydrogen (secondary N) is 2. The van der Waals surface area contributed by atoms with Crippen molar-refractivity contribution in [3.63, 3.8) is 0 Å². The number of benzene rings is 1. The fourth-order valence-corrected chi connectivity index (χ4v) is 3.51. The van der Waals surface area contributed by atoms with Crippen LogP contribution in [0.5, 0.6) is 5.75 Å². The van der Waals surface area contributed by atoms with Crippen LogP contribution in [0.15, 0.2) is 18.3 Å². The molecule has 1 aromatic heterocycles. The van der Waals surface area contributed by atoms with Gasteiger partial charge in [-0.1, -0.05) is 19.8 Å². The molecule has 4 heteroatoms. The van der Waals surface area contributed by atoms with E-state index in [1.807, 2.05) is 6.20 Å². The minimum atomic E-state index is 0.353. The Morgan fingerprint density at radius 1 is 1.22 bits per heavy atom. The van der Waals surface area contributed by atoms with Gasteiger partial charge in [-0.25, -0.2) is 0 Å². The lowest BCUT2D eigenvalue weighted by molar-refractivity contribution is 0.139. The summed E-state index contributed by atoms with van der Waals surface area (Å²) in [5.41, 5.74) is 2.27. The number of hydrogen-bond acceptors (Lipinski definition) is 3. The van der Waals surface area contributed by atoms with Crippen molar-refractivity contribution in [1.29, 1.82) is 0 Å². The molecule has 2 aromatic rings. The molecule has 2 N–H and O–H groups in total. The van der Waals surface area contributed by atoms with Crippen molar-refractivity contribution in [2.24, 2.45) is 0 Å². The zero-order valence-corrected chi connectivity index (χ0v) is 14.4. The number of hydrogen-bond donors (Lipinski definition) is 2. The summed E-state index contributed by atoms with van der Waals surface area (Å²) in [6.07, 6.45) is 10.9. The zero-order valence-electron chi connectivity index (χ0n) is 14.4. The van der Waals surface area contributed by atoms with Gasteiger partial charge in [-0.05, 0) is 57.7 Å². The third kappa shape index (κ3) is 4.05. The van der Waals surface area contributed by atoms with E-state index in [2.05, 4.69) is 41.5 Å². The quantitative estimate of drug-likeness (QED) is 0.747. The summed E-state index contributed by atoms with van der Waals surface area (Å²) < 4.78 is 6.29. The highest BCUT2D eigenvalue weighted by atomic mass is 16.5. The van der Waals surface area contributed by atoms with Crippen LogP contribution in [0.4, 0.5) is 0 Å². The Hall–Kier alpha value is -1.55. The summed E-state index contributed by atoms with van der Waals surface area (Å²) in [6.45, 7) is 5.54. The molecule has 4 nitrogen and oxygen atoms in total. The lowest BCUT2D eigenvalue weighted by atomic mass is 9.92. The van der Waals surface area contributed by atoms with E-state index in [1.54, 1.807) is 0 Å². The lowest BCUT2D eigenvalue weighted by Gasteiger charge is -2.30. The van der Waals surface area contributed by atoms with Crippen molar-refractivity contribution >= 4 is 10.9 Å². The van der Waals surface area contributed by atoms with E-state index in [1.165, 1.54) is 44.2 Å². The number of aromatic amines is 1. The predicted molar refractivity (Wildman–Crippen MR) is 95.0 cm³/mol. The number of fused-ring (bicyclic) bond motifs is 1. The van der Waals surface area contributed by atoms with Gasteiger partial charge in [-0.3, -0.25) is 5.10 Å². The molecule has 23 heavy (non-hydrogen) atoms. The molecule has 0 amide bonds. The molecule has 1 aromatic carbocycles. The summed E-state index contributed by atoms with van der Waals surface area (Å²) in [5, 5.41) is 12.0. The second-order valence-corrected chi connectivity index (χ2v) is 6.77. The monoisotopic (exact) mass is 315 g/mol. The number of aromatic nitrogens is 2. The van der Waals surface area contributed by atoms with Gasteiger partial charge in [0.1, 0.15) is 5.75 Å². The molecule has 1 aliphatic carbocycles. The first-order valence-electron chi connectivity index (χ1n) is 9.10. The minimum absolute atomic E-state index is 0.353. The zero-order chi connectivity index (χ0) is 16.1. The van der Waals surface area contributed by atoms with Crippen molar-refractivity contribution in [3.8, 4) is 5.75 Å². The Kier molecular flexibility index (Phi) is 5.55. The van der Waals surface area contributed by atoms with E-state index in [4.69, 9.17) is 4.74 Å². The molecular formula is C19H29N3O. The first-order chi connectivity index (χ1) is 11.3. The van der Waals surface area contributed by atoms with Gasteiger partial charge in [0.25, 0.3) is 0 Å². The number of unbranched alkanes of at least 4 members (excludes halogenated alkanes) is 2. The lowest BCUT2D eigenvalue weighted by Crippen LogP contribution is -2.36. The summed E-state index contributed by atoms with van der Waals surface area (Å²) in [7, 11) is 0. The van der Waals surface area contributed by atoms with E-state index in [9.17, 15) is 0 Å². The minimum Gasteiger partial charge on any atom is -0.490 e. The molecule has 1 heterocycles. The van der Waals surface area contributed by atoms with Crippen molar-refractivity contribution in [1.82, 2.24) is 15.5 Å². The van der Waals surface area contributed by atoms with Gasteiger partial charge in [0.15, 0.2) is 0 Å². The summed E-state index contributed by atoms with van der Waals surface area (Å²) in [4.78, 5) is 0. The van der Waals surface area contributed by atoms with Gasteiger partial charge in [0.05, 0.1) is 17.8 Å². The normalized spacial score (nSPS) is 21.7. The van der Waals surface area contributed by atoms with Crippen LogP contribution in [0.2, 0.25) is 0 Å². The standard InChI is InChI=1S/C19H29N3O/c1-3-4-5-12-20-15-6-8-16(9-7-15)23-19-11-10-18-17(14(19)2)13-21-22-18/h10-11,13,15-16,20H,3-9,12H2,1-2H3,(H,21,22)/t15-,16+. The third-order valence-corrected chi connectivity index (χ3v) is 5.02. The van der Waals surface area contributed by atoms with E-state index < -0.39 is 0 Å². The van der Waals surface area contributed by atoms with Crippen LogP contribution in [0, 0.1) is 6.92 Å². The Bertz CT molecular complexity index is 614. The molecule has 0 unspecified atom stereocenters. The molecule has 1 aliphatic rings. The molecule has 1 fully saturated rings. The molecule has 3 rings (SSSR count). The summed E-state index contributed by atoms with van der Waals surface area (Å²) in [6, 6.07) is 4.82. The van der Waals surface area contributed by atoms with Crippen LogP contribution >= 0.6 is 0 Å². The van der Waals surface area contributed by atoms with E-state index in [-0.39, 0.29) is 0 Å². The van der Waals surface area contributed by atoms with Crippen LogP contribution in [-0.2, 0) is 0 Å². The average Bonchev–Trinajstić information content (AvgIpc) is 3.05. The number of aryl methyl sites for hydroxylation is 1. The van der Waals surface area contributed by atoms with Crippen LogP contribution < -0.4 is 10.1 Å². The van der Waals surface area contributed by atoms with E-state index in [0.717, 1.165) is 29.5 Å². The summed E-state index contributed by atoms with van der Waals surface area (Å²) in [5.74, 6) is 1.01. The largest absolute Gasteiger partial charge is 0.490 e. The molecule has 0 radical (unpaired) electrons. The molecule has 0 aliphatic heterocycles. The van der Waals surface area contributed by atoms with Crippen LogP contribution in [0.3, 0.4) is 0 Å². The number of rotatable bonds is 7. The average molecular weight is 315 g/mol. The molecule has 0 saturated heterocycles. The molecule has 0 atom stereocenters. The second kappa shape index (κ2) is 7.82. The second-order valence-electron chi connectivity index (χ2n) is 6.77. The van der Waals surface area contributed by atoms with Crippen molar-refractivity contribution in [2.75, 3.05) is 6.54 Å². The number of nitrogens with zero attached hydrogens (tertiary/aromatic N) is 1. The van der Waals surface area contributed by atoms with Gasteiger partial charge in [-0.2, -0.15) is 5.10 Å². The van der Waals surface area contributed by atoms with Gasteiger partial charge in [-0.15, -0.1) is 0 Å². The van der Waals surface area contributed by atoms with Gasteiger partial charge >= 0.3 is 0 Å². The fraction of sp³-hybridized carbons (Fsp3) is 0.632. The predicted octanol–water partition coefficient (Wildman–Crippen LogP) is 4.34. The maximum absolute atomic E-state index is 6.29. The maximum atomic E-state index is 6.29. The first-order valence-corrected chi connectivity index (χ1v) is 9.10. The van der Waals surface area contributed by atoms with E-state index in [0.29, 0.717) is 12.1 Å². The third-order valence-electron chi connectivity index (χ3n) is 5.02. The number of H-pyrrole nitrogens is 1. The molecule has 0 bridgehead atoms. The molecule has 0 spiro atoms. The Morgan fingerprint density at radius 2 is 2.04 bits per heavy atom. The number of ether oxygens (including phenoxy) is 1. The smallest absolute Gasteiger partial charge is 0.123 e. The van der Waals surface area contributed by atoms with Gasteiger partial charge in [0.2, 0.25) is 0 Å². The highest BCUT2D eigenvalue weighted by Crippen LogP contribution is 2.29. The van der Waals surface area contributed by atoms with Gasteiger partial charge in [0, 0.05) is 17.0 Å². The molecular weight excluding hydrogens is 286 g/mol. The first kappa shape index (κ1) is 16.3. The van der Waals surface area contributed by atoms with Crippen LogP contribution in [-0.4, -0.2) is 28.9 Å². The SMILES string of the molecule is CCCCCN[C@H]1CC[C@@H](Oc2ccc3[nH]ncc3c2C)CC1. The van der Waals surface area contributed by atoms with Crippen molar-refractivity contribution < 1.29 is 4.74 Å². The Morgan fingerprint density at radius 3 is 2.83 bits per heavy atom. The maximum Gasteiger partial charge on any atom is 0.123 e. The molecule has 126 valence electrons. The van der Waals surface area contributed by atoms with E-state index >= 15 is 0 Å².